The monoisotopic (exact) mass is 406 g/mol. The van der Waals surface area contributed by atoms with Gasteiger partial charge in [0.15, 0.2) is 5.82 Å². The van der Waals surface area contributed by atoms with Crippen LogP contribution in [0.3, 0.4) is 0 Å². The van der Waals surface area contributed by atoms with Crippen molar-refractivity contribution in [1.29, 1.82) is 0 Å². The van der Waals surface area contributed by atoms with Gasteiger partial charge >= 0.3 is 5.69 Å². The van der Waals surface area contributed by atoms with Crippen LogP contribution in [0.2, 0.25) is 0 Å². The van der Waals surface area contributed by atoms with Crippen LogP contribution in [0.4, 0.5) is 5.82 Å². The van der Waals surface area contributed by atoms with Crippen molar-refractivity contribution in [3.8, 4) is 5.82 Å². The number of anilines is 1. The Morgan fingerprint density at radius 1 is 1.03 bits per heavy atom. The van der Waals surface area contributed by atoms with Gasteiger partial charge in [0.25, 0.3) is 0 Å². The van der Waals surface area contributed by atoms with Crippen LogP contribution in [-0.2, 0) is 13.6 Å². The van der Waals surface area contributed by atoms with Crippen molar-refractivity contribution in [1.82, 2.24) is 34.2 Å². The summed E-state index contributed by atoms with van der Waals surface area (Å²) in [4.78, 5) is 29.7. The van der Waals surface area contributed by atoms with Crippen molar-refractivity contribution in [2.24, 2.45) is 18.9 Å². The molecule has 3 aromatic rings. The molecule has 30 heavy (non-hydrogen) atoms. The number of aromatic nitrogens is 6. The molecule has 2 aliphatic rings. The Balaban J connectivity index is 1.26. The number of hydrogen-bond acceptors (Lipinski definition) is 7. The van der Waals surface area contributed by atoms with Gasteiger partial charge in [-0.3, -0.25) is 4.90 Å². The molecule has 2 unspecified atom stereocenters. The maximum absolute atomic E-state index is 11.8. The molecule has 0 spiro atoms. The van der Waals surface area contributed by atoms with Gasteiger partial charge in [-0.15, -0.1) is 0 Å². The zero-order chi connectivity index (χ0) is 20.8. The number of fused-ring (bicyclic) bond motifs is 1. The van der Waals surface area contributed by atoms with E-state index in [2.05, 4.69) is 29.9 Å². The van der Waals surface area contributed by atoms with Crippen LogP contribution < -0.4 is 10.6 Å². The van der Waals surface area contributed by atoms with Crippen molar-refractivity contribution in [3.05, 3.63) is 58.3 Å². The van der Waals surface area contributed by atoms with E-state index in [0.717, 1.165) is 61.4 Å². The van der Waals surface area contributed by atoms with E-state index in [4.69, 9.17) is 0 Å². The lowest BCUT2D eigenvalue weighted by Crippen LogP contribution is -2.30. The SMILES string of the molecule is Cc1cc(C)n(-c2cc(N3CC4CN(Cc5ccn(C)c(=O)n5)CC4C3)ncn2)n1. The van der Waals surface area contributed by atoms with Gasteiger partial charge in [0, 0.05) is 57.7 Å². The lowest BCUT2D eigenvalue weighted by molar-refractivity contribution is 0.304. The van der Waals surface area contributed by atoms with Gasteiger partial charge < -0.3 is 9.47 Å². The predicted molar refractivity (Wildman–Crippen MR) is 113 cm³/mol. The molecular weight excluding hydrogens is 380 g/mol. The average molecular weight is 406 g/mol. The first-order valence-electron chi connectivity index (χ1n) is 10.3. The summed E-state index contributed by atoms with van der Waals surface area (Å²) in [6.45, 7) is 8.77. The Kier molecular flexibility index (Phi) is 4.62. The van der Waals surface area contributed by atoms with Gasteiger partial charge in [-0.05, 0) is 37.8 Å². The third kappa shape index (κ3) is 3.49. The molecule has 0 amide bonds. The first-order chi connectivity index (χ1) is 14.5. The molecule has 9 heteroatoms. The van der Waals surface area contributed by atoms with Crippen LogP contribution >= 0.6 is 0 Å². The fourth-order valence-corrected chi connectivity index (χ4v) is 4.71. The molecule has 9 nitrogen and oxygen atoms in total. The van der Waals surface area contributed by atoms with Gasteiger partial charge in [0.05, 0.1) is 11.4 Å². The molecule has 2 fully saturated rings. The summed E-state index contributed by atoms with van der Waals surface area (Å²) in [5, 5.41) is 4.54. The minimum absolute atomic E-state index is 0.194. The first-order valence-corrected chi connectivity index (χ1v) is 10.3. The number of likely N-dealkylation sites (tertiary alicyclic amines) is 1. The van der Waals surface area contributed by atoms with E-state index in [-0.39, 0.29) is 5.69 Å². The molecular formula is C21H26N8O. The summed E-state index contributed by atoms with van der Waals surface area (Å²) in [6, 6.07) is 6.01. The van der Waals surface area contributed by atoms with Gasteiger partial charge in [-0.25, -0.2) is 19.4 Å². The molecule has 0 aromatic carbocycles. The summed E-state index contributed by atoms with van der Waals surface area (Å²) < 4.78 is 3.37. The third-order valence-corrected chi connectivity index (χ3v) is 6.17. The zero-order valence-electron chi connectivity index (χ0n) is 17.6. The number of nitrogens with zero attached hydrogens (tertiary/aromatic N) is 8. The molecule has 0 radical (unpaired) electrons. The molecule has 2 aliphatic heterocycles. The predicted octanol–water partition coefficient (Wildman–Crippen LogP) is 0.941. The van der Waals surface area contributed by atoms with E-state index >= 15 is 0 Å². The normalized spacial score (nSPS) is 21.4. The van der Waals surface area contributed by atoms with Crippen LogP contribution in [0.15, 0.2) is 35.5 Å². The van der Waals surface area contributed by atoms with E-state index in [1.807, 2.05) is 36.7 Å². The minimum atomic E-state index is -0.194. The van der Waals surface area contributed by atoms with Crippen LogP contribution in [0, 0.1) is 25.7 Å². The fraction of sp³-hybridized carbons (Fsp3) is 0.476. The van der Waals surface area contributed by atoms with Crippen LogP contribution in [-0.4, -0.2) is 60.4 Å². The summed E-state index contributed by atoms with van der Waals surface area (Å²) in [6.07, 6.45) is 3.42. The maximum Gasteiger partial charge on any atom is 0.347 e. The molecule has 3 aromatic heterocycles. The second-order valence-electron chi connectivity index (χ2n) is 8.50. The van der Waals surface area contributed by atoms with Crippen molar-refractivity contribution < 1.29 is 0 Å². The molecule has 0 bridgehead atoms. The summed E-state index contributed by atoms with van der Waals surface area (Å²) in [7, 11) is 1.72. The van der Waals surface area contributed by atoms with E-state index in [1.54, 1.807) is 19.6 Å². The second-order valence-corrected chi connectivity index (χ2v) is 8.50. The van der Waals surface area contributed by atoms with Crippen LogP contribution in [0.5, 0.6) is 0 Å². The zero-order valence-corrected chi connectivity index (χ0v) is 17.6. The molecule has 5 heterocycles. The van der Waals surface area contributed by atoms with Crippen molar-refractivity contribution in [2.75, 3.05) is 31.1 Å². The second kappa shape index (κ2) is 7.32. The Morgan fingerprint density at radius 2 is 1.77 bits per heavy atom. The average Bonchev–Trinajstić information content (AvgIpc) is 3.37. The third-order valence-electron chi connectivity index (χ3n) is 6.17. The number of rotatable bonds is 4. The van der Waals surface area contributed by atoms with Gasteiger partial charge in [0.2, 0.25) is 0 Å². The summed E-state index contributed by atoms with van der Waals surface area (Å²) >= 11 is 0. The molecule has 0 aliphatic carbocycles. The standard InChI is InChI=1S/C21H26N8O/c1-14-6-15(2)29(25-14)20-7-19(22-13-23-20)28-10-16-8-27(9-17(16)11-28)12-18-4-5-26(3)21(30)24-18/h4-7,13,16-17H,8-12H2,1-3H3. The van der Waals surface area contributed by atoms with Crippen LogP contribution in [0.25, 0.3) is 5.82 Å². The molecule has 5 rings (SSSR count). The smallest absolute Gasteiger partial charge is 0.347 e. The fourth-order valence-electron chi connectivity index (χ4n) is 4.71. The summed E-state index contributed by atoms with van der Waals surface area (Å²) in [5.74, 6) is 2.97. The molecule has 0 saturated carbocycles. The van der Waals surface area contributed by atoms with Crippen molar-refractivity contribution >= 4 is 5.82 Å². The van der Waals surface area contributed by atoms with E-state index < -0.39 is 0 Å². The number of aryl methyl sites for hydroxylation is 3. The van der Waals surface area contributed by atoms with E-state index in [9.17, 15) is 4.79 Å². The first kappa shape index (κ1) is 18.9. The Labute approximate surface area is 175 Å². The quantitative estimate of drug-likeness (QED) is 0.637. The Hall–Kier alpha value is -3.07. The van der Waals surface area contributed by atoms with Crippen molar-refractivity contribution in [3.63, 3.8) is 0 Å². The Bertz CT molecular complexity index is 1120. The topological polar surface area (TPSA) is 85.0 Å². The molecule has 0 N–H and O–H groups in total. The minimum Gasteiger partial charge on any atom is -0.356 e. The largest absolute Gasteiger partial charge is 0.356 e. The van der Waals surface area contributed by atoms with Gasteiger partial charge in [-0.2, -0.15) is 10.1 Å². The van der Waals surface area contributed by atoms with Crippen LogP contribution in [0.1, 0.15) is 17.1 Å². The summed E-state index contributed by atoms with van der Waals surface area (Å²) in [5.41, 5.74) is 2.70. The van der Waals surface area contributed by atoms with Gasteiger partial charge in [0.1, 0.15) is 12.1 Å². The highest BCUT2D eigenvalue weighted by atomic mass is 16.1. The highest BCUT2D eigenvalue weighted by molar-refractivity contribution is 5.45. The highest BCUT2D eigenvalue weighted by Crippen LogP contribution is 2.34. The van der Waals surface area contributed by atoms with E-state index in [1.165, 1.54) is 4.57 Å². The number of hydrogen-bond donors (Lipinski definition) is 0. The lowest BCUT2D eigenvalue weighted by atomic mass is 10.0. The highest BCUT2D eigenvalue weighted by Gasteiger charge is 2.40. The maximum atomic E-state index is 11.8. The molecule has 2 atom stereocenters. The molecule has 2 saturated heterocycles. The van der Waals surface area contributed by atoms with Crippen molar-refractivity contribution in [2.45, 2.75) is 20.4 Å². The van der Waals surface area contributed by atoms with Gasteiger partial charge in [-0.1, -0.05) is 0 Å². The van der Waals surface area contributed by atoms with E-state index in [0.29, 0.717) is 11.8 Å². The molecule has 156 valence electrons. The Morgan fingerprint density at radius 3 is 2.43 bits per heavy atom. The lowest BCUT2D eigenvalue weighted by Gasteiger charge is -2.22.